The minimum absolute atomic E-state index is 0.0201. The molecule has 0 unspecified atom stereocenters. The molecule has 1 heterocycles. The third-order valence-electron chi connectivity index (χ3n) is 5.98. The molecule has 1 aliphatic heterocycles. The van der Waals surface area contributed by atoms with Crippen molar-refractivity contribution in [1.29, 1.82) is 0 Å². The summed E-state index contributed by atoms with van der Waals surface area (Å²) in [6.07, 6.45) is 2.70. The molecule has 0 aromatic heterocycles. The van der Waals surface area contributed by atoms with Crippen LogP contribution in [0.3, 0.4) is 0 Å². The van der Waals surface area contributed by atoms with Crippen LogP contribution in [-0.2, 0) is 16.1 Å². The molecular formula is C25H34N2O4. The van der Waals surface area contributed by atoms with E-state index in [4.69, 9.17) is 14.2 Å². The number of nitrogens with zero attached hydrogens (tertiary/aromatic N) is 1. The first-order valence-corrected chi connectivity index (χ1v) is 10.9. The lowest BCUT2D eigenvalue weighted by molar-refractivity contribution is -0.122. The maximum Gasteiger partial charge on any atom is 0.234 e. The van der Waals surface area contributed by atoms with E-state index in [1.807, 2.05) is 48.5 Å². The number of carbonyl (C=O) groups is 1. The molecule has 6 heteroatoms. The average molecular weight is 427 g/mol. The predicted molar refractivity (Wildman–Crippen MR) is 122 cm³/mol. The first-order valence-electron chi connectivity index (χ1n) is 10.9. The number of rotatable bonds is 9. The number of benzene rings is 2. The zero-order valence-corrected chi connectivity index (χ0v) is 18.9. The van der Waals surface area contributed by atoms with Crippen molar-refractivity contribution in [1.82, 2.24) is 10.2 Å². The van der Waals surface area contributed by atoms with Crippen LogP contribution < -0.4 is 14.8 Å². The fourth-order valence-electron chi connectivity index (χ4n) is 3.94. The number of para-hydroxylation sites is 1. The van der Waals surface area contributed by atoms with E-state index in [0.29, 0.717) is 19.7 Å². The van der Waals surface area contributed by atoms with E-state index in [1.165, 1.54) is 5.56 Å². The molecule has 0 spiro atoms. The highest BCUT2D eigenvalue weighted by molar-refractivity contribution is 5.78. The number of nitrogens with one attached hydrogen (secondary N) is 1. The van der Waals surface area contributed by atoms with Crippen LogP contribution in [0, 0.1) is 6.92 Å². The van der Waals surface area contributed by atoms with E-state index in [0.717, 1.165) is 49.4 Å². The number of likely N-dealkylation sites (tertiary alicyclic amines) is 1. The van der Waals surface area contributed by atoms with Crippen molar-refractivity contribution in [2.45, 2.75) is 38.3 Å². The predicted octanol–water partition coefficient (Wildman–Crippen LogP) is 3.57. The molecule has 31 heavy (non-hydrogen) atoms. The van der Waals surface area contributed by atoms with Crippen LogP contribution in [0.4, 0.5) is 0 Å². The molecule has 168 valence electrons. The summed E-state index contributed by atoms with van der Waals surface area (Å²) < 4.78 is 17.3. The molecule has 0 saturated carbocycles. The van der Waals surface area contributed by atoms with Gasteiger partial charge in [-0.1, -0.05) is 35.9 Å². The lowest BCUT2D eigenvalue weighted by Gasteiger charge is -2.31. The number of hydrogen-bond donors (Lipinski definition) is 1. The van der Waals surface area contributed by atoms with Gasteiger partial charge in [-0.05, 0) is 50.9 Å². The molecule has 2 aromatic carbocycles. The quantitative estimate of drug-likeness (QED) is 0.664. The summed E-state index contributed by atoms with van der Waals surface area (Å²) in [6.45, 7) is 5.09. The van der Waals surface area contributed by atoms with E-state index in [-0.39, 0.29) is 11.5 Å². The number of ether oxygens (including phenoxy) is 3. The van der Waals surface area contributed by atoms with E-state index in [1.54, 1.807) is 14.2 Å². The second kappa shape index (κ2) is 11.2. The number of methoxy groups -OCH3 is 2. The molecule has 2 aromatic rings. The van der Waals surface area contributed by atoms with E-state index in [9.17, 15) is 4.79 Å². The Hall–Kier alpha value is -2.57. The second-order valence-electron chi connectivity index (χ2n) is 8.21. The van der Waals surface area contributed by atoms with E-state index < -0.39 is 0 Å². The van der Waals surface area contributed by atoms with Crippen LogP contribution in [0.25, 0.3) is 0 Å². The fraction of sp³-hybridized carbons (Fsp3) is 0.480. The Kier molecular flexibility index (Phi) is 8.32. The molecule has 1 amide bonds. The van der Waals surface area contributed by atoms with Gasteiger partial charge in [-0.25, -0.2) is 0 Å². The zero-order chi connectivity index (χ0) is 22.1. The third kappa shape index (κ3) is 6.71. The van der Waals surface area contributed by atoms with Gasteiger partial charge in [-0.15, -0.1) is 0 Å². The molecule has 1 saturated heterocycles. The van der Waals surface area contributed by atoms with Crippen LogP contribution >= 0.6 is 0 Å². The Bertz CT molecular complexity index is 840. The summed E-state index contributed by atoms with van der Waals surface area (Å²) in [6, 6.07) is 15.8. The summed E-state index contributed by atoms with van der Waals surface area (Å²) in [5, 5.41) is 3.01. The molecule has 1 fully saturated rings. The van der Waals surface area contributed by atoms with Gasteiger partial charge < -0.3 is 19.5 Å². The smallest absolute Gasteiger partial charge is 0.234 e. The normalized spacial score (nSPS) is 19.5. The van der Waals surface area contributed by atoms with Crippen molar-refractivity contribution in [3.63, 3.8) is 0 Å². The molecule has 0 radical (unpaired) electrons. The first-order chi connectivity index (χ1) is 15.0. The van der Waals surface area contributed by atoms with Gasteiger partial charge in [-0.3, -0.25) is 9.69 Å². The average Bonchev–Trinajstić information content (AvgIpc) is 3.00. The highest BCUT2D eigenvalue weighted by Gasteiger charge is 2.34. The topological polar surface area (TPSA) is 60.0 Å². The summed E-state index contributed by atoms with van der Waals surface area (Å²) in [7, 11) is 3.40. The maximum atomic E-state index is 12.5. The van der Waals surface area contributed by atoms with Crippen LogP contribution in [0.1, 0.15) is 30.4 Å². The Morgan fingerprint density at radius 1 is 1.06 bits per heavy atom. The van der Waals surface area contributed by atoms with Crippen molar-refractivity contribution in [3.05, 3.63) is 59.7 Å². The molecule has 0 bridgehead atoms. The van der Waals surface area contributed by atoms with E-state index in [2.05, 4.69) is 17.1 Å². The summed E-state index contributed by atoms with van der Waals surface area (Å²) in [5.74, 6) is 1.67. The molecule has 0 aliphatic carbocycles. The number of aryl methyl sites for hydroxylation is 1. The highest BCUT2D eigenvalue weighted by Crippen LogP contribution is 2.27. The van der Waals surface area contributed by atoms with Gasteiger partial charge in [-0.2, -0.15) is 0 Å². The zero-order valence-electron chi connectivity index (χ0n) is 18.9. The SMILES string of the molecule is COc1ccccc1CNC(=O)CN1CCC[C@@](COc2ccc(C)cc2)(OC)CC1. The molecule has 1 aliphatic rings. The lowest BCUT2D eigenvalue weighted by atomic mass is 9.95. The standard InChI is InChI=1S/C25H34N2O4/c1-20-9-11-22(12-10-20)31-19-25(30-3)13-6-15-27(16-14-25)18-24(28)26-17-21-7-4-5-8-23(21)29-2/h4-5,7-12H,6,13-19H2,1-3H3,(H,26,28)/t25-/m1/s1. The molecular weight excluding hydrogens is 392 g/mol. The monoisotopic (exact) mass is 426 g/mol. The fourth-order valence-corrected chi connectivity index (χ4v) is 3.94. The Morgan fingerprint density at radius 2 is 1.84 bits per heavy atom. The number of amides is 1. The van der Waals surface area contributed by atoms with Gasteiger partial charge in [0.2, 0.25) is 5.91 Å². The molecule has 6 nitrogen and oxygen atoms in total. The second-order valence-corrected chi connectivity index (χ2v) is 8.21. The first kappa shape index (κ1) is 23.1. The number of carbonyl (C=O) groups excluding carboxylic acids is 1. The molecule has 1 N–H and O–H groups in total. The van der Waals surface area contributed by atoms with Crippen LogP contribution in [0.15, 0.2) is 48.5 Å². The van der Waals surface area contributed by atoms with Crippen molar-refractivity contribution < 1.29 is 19.0 Å². The summed E-state index contributed by atoms with van der Waals surface area (Å²) >= 11 is 0. The van der Waals surface area contributed by atoms with Gasteiger partial charge in [0.25, 0.3) is 0 Å². The van der Waals surface area contributed by atoms with Gasteiger partial charge in [0.05, 0.1) is 13.7 Å². The van der Waals surface area contributed by atoms with Gasteiger partial charge in [0, 0.05) is 25.8 Å². The van der Waals surface area contributed by atoms with E-state index >= 15 is 0 Å². The van der Waals surface area contributed by atoms with Crippen molar-refractivity contribution in [2.75, 3.05) is 40.5 Å². The molecule has 1 atom stereocenters. The number of hydrogen-bond acceptors (Lipinski definition) is 5. The Morgan fingerprint density at radius 3 is 2.58 bits per heavy atom. The summed E-state index contributed by atoms with van der Waals surface area (Å²) in [4.78, 5) is 14.7. The lowest BCUT2D eigenvalue weighted by Crippen LogP contribution is -2.41. The van der Waals surface area contributed by atoms with Crippen molar-refractivity contribution in [3.8, 4) is 11.5 Å². The third-order valence-corrected chi connectivity index (χ3v) is 5.98. The maximum absolute atomic E-state index is 12.5. The minimum atomic E-state index is -0.326. The Balaban J connectivity index is 1.48. The van der Waals surface area contributed by atoms with Crippen molar-refractivity contribution >= 4 is 5.91 Å². The van der Waals surface area contributed by atoms with Gasteiger partial charge in [0.1, 0.15) is 23.7 Å². The minimum Gasteiger partial charge on any atom is -0.496 e. The summed E-state index contributed by atoms with van der Waals surface area (Å²) in [5.41, 5.74) is 1.86. The van der Waals surface area contributed by atoms with Gasteiger partial charge >= 0.3 is 0 Å². The highest BCUT2D eigenvalue weighted by atomic mass is 16.5. The largest absolute Gasteiger partial charge is 0.496 e. The van der Waals surface area contributed by atoms with Crippen LogP contribution in [0.2, 0.25) is 0 Å². The Labute approximate surface area is 185 Å². The van der Waals surface area contributed by atoms with Crippen LogP contribution in [0.5, 0.6) is 11.5 Å². The van der Waals surface area contributed by atoms with Crippen molar-refractivity contribution in [2.24, 2.45) is 0 Å². The molecule has 3 rings (SSSR count). The van der Waals surface area contributed by atoms with Gasteiger partial charge in [0.15, 0.2) is 0 Å². The van der Waals surface area contributed by atoms with Crippen LogP contribution in [-0.4, -0.2) is 56.9 Å².